The lowest BCUT2D eigenvalue weighted by Gasteiger charge is -2.46. The molecule has 9 nitrogen and oxygen atoms in total. The first-order chi connectivity index (χ1) is 13.9. The number of hydrogen-bond acceptors (Lipinski definition) is 7. The van der Waals surface area contributed by atoms with Crippen LogP contribution in [-0.4, -0.2) is 96.8 Å². The third-order valence-electron chi connectivity index (χ3n) is 4.90. The van der Waals surface area contributed by atoms with Crippen LogP contribution >= 0.6 is 0 Å². The fourth-order valence-electron chi connectivity index (χ4n) is 3.74. The van der Waals surface area contributed by atoms with E-state index in [-0.39, 0.29) is 30.1 Å². The van der Waals surface area contributed by atoms with E-state index in [9.17, 15) is 14.3 Å². The van der Waals surface area contributed by atoms with Crippen molar-refractivity contribution in [3.8, 4) is 11.8 Å². The van der Waals surface area contributed by atoms with E-state index in [2.05, 4.69) is 15.1 Å². The van der Waals surface area contributed by atoms with Crippen LogP contribution in [0.15, 0.2) is 18.2 Å². The molecule has 2 fully saturated rings. The van der Waals surface area contributed by atoms with Gasteiger partial charge in [-0.1, -0.05) is 0 Å². The van der Waals surface area contributed by atoms with Gasteiger partial charge in [-0.25, -0.2) is 9.18 Å². The number of carbonyl (C=O) groups is 1. The molecule has 0 saturated carbocycles. The van der Waals surface area contributed by atoms with Crippen LogP contribution in [0.25, 0.3) is 0 Å². The highest BCUT2D eigenvalue weighted by Gasteiger charge is 2.35. The van der Waals surface area contributed by atoms with Gasteiger partial charge in [0.15, 0.2) is 11.6 Å². The van der Waals surface area contributed by atoms with Crippen LogP contribution in [0.3, 0.4) is 0 Å². The number of aliphatic hydroxyl groups excluding tert-OH is 1. The summed E-state index contributed by atoms with van der Waals surface area (Å²) in [6.07, 6.45) is -1.82. The summed E-state index contributed by atoms with van der Waals surface area (Å²) in [6, 6.07) is 5.80. The average Bonchev–Trinajstić information content (AvgIpc) is 2.66. The molecule has 2 saturated heterocycles. The van der Waals surface area contributed by atoms with E-state index in [4.69, 9.17) is 19.8 Å². The zero-order chi connectivity index (χ0) is 20.8. The number of amides is 1. The highest BCUT2D eigenvalue weighted by atomic mass is 19.1. The van der Waals surface area contributed by atoms with E-state index in [0.29, 0.717) is 45.8 Å². The third-order valence-corrected chi connectivity index (χ3v) is 4.90. The Labute approximate surface area is 168 Å². The summed E-state index contributed by atoms with van der Waals surface area (Å²) in [6.45, 7) is 4.06. The molecule has 1 amide bonds. The monoisotopic (exact) mass is 408 g/mol. The predicted molar refractivity (Wildman–Crippen MR) is 100 cm³/mol. The lowest BCUT2D eigenvalue weighted by molar-refractivity contribution is -0.142. The van der Waals surface area contributed by atoms with Gasteiger partial charge in [0.1, 0.15) is 12.7 Å². The van der Waals surface area contributed by atoms with Crippen molar-refractivity contribution >= 4 is 6.09 Å². The van der Waals surface area contributed by atoms with Gasteiger partial charge in [0.2, 0.25) is 0 Å². The van der Waals surface area contributed by atoms with Crippen LogP contribution in [-0.2, 0) is 4.74 Å². The van der Waals surface area contributed by atoms with E-state index in [1.165, 1.54) is 12.1 Å². The van der Waals surface area contributed by atoms with Gasteiger partial charge >= 0.3 is 6.09 Å². The highest BCUT2D eigenvalue weighted by molar-refractivity contribution is 5.64. The van der Waals surface area contributed by atoms with Gasteiger partial charge in [-0.05, 0) is 18.2 Å². The van der Waals surface area contributed by atoms with Crippen molar-refractivity contribution in [1.29, 1.82) is 5.26 Å². The van der Waals surface area contributed by atoms with Gasteiger partial charge in [0, 0.05) is 45.8 Å². The number of aliphatic hydroxyl groups is 1. The molecule has 2 aliphatic rings. The summed E-state index contributed by atoms with van der Waals surface area (Å²) < 4.78 is 25.2. The molecule has 3 N–H and O–H groups in total. The van der Waals surface area contributed by atoms with Crippen LogP contribution in [0.4, 0.5) is 9.18 Å². The third kappa shape index (κ3) is 6.27. The second-order valence-corrected chi connectivity index (χ2v) is 7.31. The minimum absolute atomic E-state index is 0.00332. The van der Waals surface area contributed by atoms with Crippen molar-refractivity contribution in [2.45, 2.75) is 18.3 Å². The Morgan fingerprint density at radius 2 is 2.03 bits per heavy atom. The molecule has 2 heterocycles. The van der Waals surface area contributed by atoms with Crippen LogP contribution in [0.1, 0.15) is 5.56 Å². The van der Waals surface area contributed by atoms with E-state index >= 15 is 0 Å². The Morgan fingerprint density at radius 1 is 1.34 bits per heavy atom. The number of β-amino-alcohol motifs (C(OH)–C–C–N with tert-alkyl or cyclic N) is 1. The maximum Gasteiger partial charge on any atom is 0.404 e. The number of halogens is 1. The predicted octanol–water partition coefficient (Wildman–Crippen LogP) is 0.0897. The number of morpholine rings is 2. The van der Waals surface area contributed by atoms with Crippen molar-refractivity contribution in [1.82, 2.24) is 15.1 Å². The Balaban J connectivity index is 1.42. The zero-order valence-electron chi connectivity index (χ0n) is 16.0. The molecule has 10 heteroatoms. The number of carboxylic acid groups (broad SMARTS) is 1. The normalized spacial score (nSPS) is 23.2. The summed E-state index contributed by atoms with van der Waals surface area (Å²) in [4.78, 5) is 14.8. The summed E-state index contributed by atoms with van der Waals surface area (Å²) in [7, 11) is 0. The van der Waals surface area contributed by atoms with Crippen LogP contribution in [0, 0.1) is 17.1 Å². The first-order valence-corrected chi connectivity index (χ1v) is 9.50. The van der Waals surface area contributed by atoms with Gasteiger partial charge in [0.25, 0.3) is 0 Å². The Hall–Kier alpha value is -2.45. The lowest BCUT2D eigenvalue weighted by atomic mass is 10.1. The molecule has 0 radical (unpaired) electrons. The second kappa shape index (κ2) is 9.84. The first kappa shape index (κ1) is 21.3. The van der Waals surface area contributed by atoms with Gasteiger partial charge < -0.3 is 25.0 Å². The minimum atomic E-state index is -1.03. The number of ether oxygens (including phenoxy) is 2. The van der Waals surface area contributed by atoms with E-state index in [1.807, 2.05) is 6.07 Å². The molecule has 2 unspecified atom stereocenters. The number of benzene rings is 1. The largest absolute Gasteiger partial charge is 0.488 e. The molecule has 29 heavy (non-hydrogen) atoms. The quantitative estimate of drug-likeness (QED) is 0.554. The zero-order valence-corrected chi connectivity index (χ0v) is 16.0. The fourth-order valence-corrected chi connectivity index (χ4v) is 3.74. The first-order valence-electron chi connectivity index (χ1n) is 9.50. The van der Waals surface area contributed by atoms with Crippen molar-refractivity contribution in [3.05, 3.63) is 29.6 Å². The van der Waals surface area contributed by atoms with Crippen molar-refractivity contribution in [2.75, 3.05) is 52.4 Å². The molecule has 3 rings (SSSR count). The van der Waals surface area contributed by atoms with Gasteiger partial charge in [-0.15, -0.1) is 0 Å². The highest BCUT2D eigenvalue weighted by Crippen LogP contribution is 2.20. The van der Waals surface area contributed by atoms with Gasteiger partial charge in [-0.3, -0.25) is 9.80 Å². The Kier molecular flexibility index (Phi) is 7.22. The number of nitriles is 1. The second-order valence-electron chi connectivity index (χ2n) is 7.31. The number of nitrogens with zero attached hydrogens (tertiary/aromatic N) is 3. The SMILES string of the molecule is N#Cc1ccc(OC[C@@H](O)CN2CC3CN(CCNC(=O)O)CC(C2)O3)c(F)c1. The number of rotatable bonds is 8. The van der Waals surface area contributed by atoms with Crippen LogP contribution in [0.5, 0.6) is 5.75 Å². The summed E-state index contributed by atoms with van der Waals surface area (Å²) >= 11 is 0. The molecule has 158 valence electrons. The summed E-state index contributed by atoms with van der Waals surface area (Å²) in [5.41, 5.74) is 0.211. The van der Waals surface area contributed by atoms with Crippen molar-refractivity contribution in [3.63, 3.8) is 0 Å². The molecule has 0 spiro atoms. The molecule has 1 aromatic carbocycles. The molecular weight excluding hydrogens is 383 g/mol. The number of fused-ring (bicyclic) bond motifs is 2. The summed E-state index contributed by atoms with van der Waals surface area (Å²) in [5, 5.41) is 30.1. The Bertz CT molecular complexity index is 745. The van der Waals surface area contributed by atoms with E-state index < -0.39 is 18.0 Å². The smallest absolute Gasteiger partial charge is 0.404 e. The van der Waals surface area contributed by atoms with E-state index in [1.54, 1.807) is 0 Å². The Morgan fingerprint density at radius 3 is 2.66 bits per heavy atom. The van der Waals surface area contributed by atoms with Crippen LogP contribution < -0.4 is 10.1 Å². The molecular formula is C19H25FN4O5. The number of nitrogens with one attached hydrogen (secondary N) is 1. The minimum Gasteiger partial charge on any atom is -0.488 e. The maximum absolute atomic E-state index is 13.8. The molecule has 0 aromatic heterocycles. The fraction of sp³-hybridized carbons (Fsp3) is 0.579. The van der Waals surface area contributed by atoms with Gasteiger partial charge in [0.05, 0.1) is 23.8 Å². The summed E-state index contributed by atoms with van der Waals surface area (Å²) in [5.74, 6) is -0.623. The molecule has 0 aliphatic carbocycles. The molecule has 2 aliphatic heterocycles. The lowest BCUT2D eigenvalue weighted by Crippen LogP contribution is -2.61. The van der Waals surface area contributed by atoms with E-state index in [0.717, 1.165) is 6.07 Å². The molecule has 1 aromatic rings. The molecule has 3 atom stereocenters. The van der Waals surface area contributed by atoms with Crippen molar-refractivity contribution in [2.24, 2.45) is 0 Å². The number of hydrogen-bond donors (Lipinski definition) is 3. The maximum atomic E-state index is 13.8. The average molecular weight is 408 g/mol. The van der Waals surface area contributed by atoms with Gasteiger partial charge in [-0.2, -0.15) is 5.26 Å². The molecule has 2 bridgehead atoms. The standard InChI is InChI=1S/C19H25FN4O5/c20-17-5-13(6-21)1-2-18(17)28-12-14(25)7-24-10-15-8-23(4-3-22-19(26)27)9-16(11-24)29-15/h1-2,5,14-16,22,25H,3-4,7-12H2,(H,26,27)/t14-,15?,16?/m0/s1. The topological polar surface area (TPSA) is 118 Å². The van der Waals surface area contributed by atoms with Crippen LogP contribution in [0.2, 0.25) is 0 Å². The van der Waals surface area contributed by atoms with Crippen molar-refractivity contribution < 1.29 is 28.9 Å².